The normalized spacial score (nSPS) is 16.2. The Kier molecular flexibility index (Phi) is 3.64. The first kappa shape index (κ1) is 16.1. The second-order valence-corrected chi connectivity index (χ2v) is 6.16. The quantitative estimate of drug-likeness (QED) is 0.710. The Morgan fingerprint density at radius 2 is 1.96 bits per heavy atom. The predicted molar refractivity (Wildman–Crippen MR) is 92.9 cm³/mol. The summed E-state index contributed by atoms with van der Waals surface area (Å²) >= 11 is 0. The molecule has 0 amide bonds. The number of aromatic nitrogens is 1. The third-order valence-corrected chi connectivity index (χ3v) is 4.47. The first-order valence-electron chi connectivity index (χ1n) is 8.02. The van der Waals surface area contributed by atoms with Crippen LogP contribution in [0.15, 0.2) is 44.3 Å². The van der Waals surface area contributed by atoms with Crippen molar-refractivity contribution < 1.29 is 18.7 Å². The summed E-state index contributed by atoms with van der Waals surface area (Å²) < 4.78 is 15.5. The minimum Gasteiger partial charge on any atom is -0.497 e. The molecule has 26 heavy (non-hydrogen) atoms. The monoisotopic (exact) mass is 353 g/mol. The van der Waals surface area contributed by atoms with E-state index in [9.17, 15) is 14.4 Å². The van der Waals surface area contributed by atoms with Gasteiger partial charge in [0.1, 0.15) is 17.3 Å². The van der Waals surface area contributed by atoms with Crippen LogP contribution in [0.4, 0.5) is 0 Å². The maximum Gasteiger partial charge on any atom is 0.343 e. The highest BCUT2D eigenvalue weighted by Crippen LogP contribution is 2.36. The Labute approximate surface area is 147 Å². The van der Waals surface area contributed by atoms with E-state index in [1.165, 1.54) is 6.07 Å². The van der Waals surface area contributed by atoms with Gasteiger partial charge >= 0.3 is 11.6 Å². The molecule has 0 aliphatic carbocycles. The summed E-state index contributed by atoms with van der Waals surface area (Å²) in [6.07, 6.45) is -0.106. The van der Waals surface area contributed by atoms with E-state index in [2.05, 4.69) is 4.98 Å². The number of hydrogen-bond donors (Lipinski definition) is 1. The van der Waals surface area contributed by atoms with E-state index in [0.717, 1.165) is 5.39 Å². The molecule has 7 nitrogen and oxygen atoms in total. The number of rotatable bonds is 2. The highest BCUT2D eigenvalue weighted by atomic mass is 16.5. The molecule has 3 aromatic rings. The van der Waals surface area contributed by atoms with Crippen molar-refractivity contribution in [3.05, 3.63) is 68.0 Å². The van der Waals surface area contributed by atoms with Gasteiger partial charge in [0.05, 0.1) is 24.6 Å². The number of esters is 1. The molecule has 0 saturated heterocycles. The molecule has 0 saturated carbocycles. The number of aromatic amines is 1. The lowest BCUT2D eigenvalue weighted by Crippen LogP contribution is -2.30. The lowest BCUT2D eigenvalue weighted by molar-refractivity contribution is -0.135. The van der Waals surface area contributed by atoms with Gasteiger partial charge in [-0.3, -0.25) is 9.59 Å². The topological polar surface area (TPSA) is 98.6 Å². The number of aryl methyl sites for hydroxylation is 1. The smallest absolute Gasteiger partial charge is 0.343 e. The van der Waals surface area contributed by atoms with Gasteiger partial charge in [0.25, 0.3) is 5.56 Å². The summed E-state index contributed by atoms with van der Waals surface area (Å²) in [5.74, 6) is -0.125. The van der Waals surface area contributed by atoms with E-state index in [-0.39, 0.29) is 23.3 Å². The molecule has 1 unspecified atom stereocenters. The molecule has 7 heteroatoms. The number of benzene rings is 1. The molecule has 1 atom stereocenters. The van der Waals surface area contributed by atoms with Crippen molar-refractivity contribution in [3.8, 4) is 11.5 Å². The summed E-state index contributed by atoms with van der Waals surface area (Å²) in [6.45, 7) is 1.59. The first-order valence-corrected chi connectivity index (χ1v) is 8.02. The van der Waals surface area contributed by atoms with Crippen molar-refractivity contribution in [2.24, 2.45) is 0 Å². The zero-order chi connectivity index (χ0) is 18.4. The first-order chi connectivity index (χ1) is 12.5. The third kappa shape index (κ3) is 2.57. The molecular weight excluding hydrogens is 338 g/mol. The van der Waals surface area contributed by atoms with Crippen LogP contribution in [0.2, 0.25) is 0 Å². The highest BCUT2D eigenvalue weighted by Gasteiger charge is 2.34. The minimum absolute atomic E-state index is 0.106. The van der Waals surface area contributed by atoms with E-state index >= 15 is 0 Å². The number of carbonyl (C=O) groups is 1. The maximum atomic E-state index is 12.6. The van der Waals surface area contributed by atoms with Crippen molar-refractivity contribution in [2.75, 3.05) is 7.11 Å². The van der Waals surface area contributed by atoms with Gasteiger partial charge in [0.2, 0.25) is 0 Å². The van der Waals surface area contributed by atoms with Gasteiger partial charge in [-0.2, -0.15) is 0 Å². The van der Waals surface area contributed by atoms with Gasteiger partial charge in [-0.1, -0.05) is 0 Å². The zero-order valence-electron chi connectivity index (χ0n) is 14.1. The Morgan fingerprint density at radius 3 is 2.73 bits per heavy atom. The Balaban J connectivity index is 1.94. The molecule has 1 aliphatic rings. The van der Waals surface area contributed by atoms with E-state index in [1.54, 1.807) is 38.3 Å². The lowest BCUT2D eigenvalue weighted by Gasteiger charge is -2.23. The molecule has 2 aromatic heterocycles. The number of pyridine rings is 1. The summed E-state index contributed by atoms with van der Waals surface area (Å²) in [6, 6.07) is 8.45. The van der Waals surface area contributed by atoms with Crippen molar-refractivity contribution >= 4 is 16.9 Å². The second kappa shape index (κ2) is 5.87. The number of carbonyl (C=O) groups excluding carboxylic acids is 1. The van der Waals surface area contributed by atoms with Gasteiger partial charge in [0, 0.05) is 23.6 Å². The zero-order valence-corrected chi connectivity index (χ0v) is 14.1. The molecule has 0 spiro atoms. The van der Waals surface area contributed by atoms with E-state index in [4.69, 9.17) is 13.9 Å². The Bertz CT molecular complexity index is 1160. The van der Waals surface area contributed by atoms with Crippen LogP contribution in [-0.2, 0) is 4.79 Å². The molecule has 1 aromatic carbocycles. The van der Waals surface area contributed by atoms with Gasteiger partial charge in [-0.25, -0.2) is 4.79 Å². The molecule has 3 heterocycles. The molecule has 0 bridgehead atoms. The molecule has 4 rings (SSSR count). The van der Waals surface area contributed by atoms with Crippen LogP contribution >= 0.6 is 0 Å². The number of nitrogens with one attached hydrogen (secondary N) is 1. The van der Waals surface area contributed by atoms with Crippen LogP contribution in [-0.4, -0.2) is 18.1 Å². The van der Waals surface area contributed by atoms with Gasteiger partial charge in [-0.15, -0.1) is 0 Å². The summed E-state index contributed by atoms with van der Waals surface area (Å²) in [4.78, 5) is 39.8. The number of fused-ring (bicyclic) bond motifs is 2. The average molecular weight is 353 g/mol. The Morgan fingerprint density at radius 1 is 1.15 bits per heavy atom. The molecular formula is C19H15NO6. The van der Waals surface area contributed by atoms with Crippen molar-refractivity contribution in [1.29, 1.82) is 0 Å². The predicted octanol–water partition coefficient (Wildman–Crippen LogP) is 2.24. The van der Waals surface area contributed by atoms with Gasteiger partial charge < -0.3 is 18.9 Å². The summed E-state index contributed by atoms with van der Waals surface area (Å²) in [5.41, 5.74) is 0.126. The van der Waals surface area contributed by atoms with Gasteiger partial charge in [-0.05, 0) is 30.5 Å². The van der Waals surface area contributed by atoms with Crippen LogP contribution in [0.1, 0.15) is 29.2 Å². The summed E-state index contributed by atoms with van der Waals surface area (Å²) in [5, 5.41) is 0.761. The van der Waals surface area contributed by atoms with E-state index < -0.39 is 17.5 Å². The number of hydrogen-bond acceptors (Lipinski definition) is 6. The molecule has 1 aliphatic heterocycles. The van der Waals surface area contributed by atoms with Crippen molar-refractivity contribution in [1.82, 2.24) is 4.98 Å². The maximum absolute atomic E-state index is 12.6. The van der Waals surface area contributed by atoms with Gasteiger partial charge in [0.15, 0.2) is 0 Å². The molecule has 132 valence electrons. The fraction of sp³-hybridized carbons (Fsp3) is 0.211. The molecule has 1 N–H and O–H groups in total. The van der Waals surface area contributed by atoms with Crippen LogP contribution in [0.5, 0.6) is 11.5 Å². The molecule has 0 radical (unpaired) electrons. The standard InChI is InChI=1S/C19H15NO6/c1-9-5-15-17(19(23)25-9)12(8-16(21)26-15)13-6-10-3-4-11(24-2)7-14(10)20-18(13)22/h3-7,12H,8H2,1-2H3,(H,20,22). The SMILES string of the molecule is COc1ccc2cc(C3CC(=O)Oc4cc(C)oc(=O)c43)c(=O)[nH]c2c1. The van der Waals surface area contributed by atoms with E-state index in [1.807, 2.05) is 0 Å². The minimum atomic E-state index is -0.724. The third-order valence-electron chi connectivity index (χ3n) is 4.47. The molecule has 0 fully saturated rings. The average Bonchev–Trinajstić information content (AvgIpc) is 2.59. The number of ether oxygens (including phenoxy) is 2. The lowest BCUT2D eigenvalue weighted by atomic mass is 9.87. The Hall–Kier alpha value is -3.35. The highest BCUT2D eigenvalue weighted by molar-refractivity contribution is 5.82. The fourth-order valence-corrected chi connectivity index (χ4v) is 3.27. The fourth-order valence-electron chi connectivity index (χ4n) is 3.27. The van der Waals surface area contributed by atoms with Crippen LogP contribution < -0.4 is 20.7 Å². The number of methoxy groups -OCH3 is 1. The van der Waals surface area contributed by atoms with Crippen LogP contribution in [0.25, 0.3) is 10.9 Å². The summed E-state index contributed by atoms with van der Waals surface area (Å²) in [7, 11) is 1.54. The second-order valence-electron chi connectivity index (χ2n) is 6.16. The van der Waals surface area contributed by atoms with Crippen LogP contribution in [0, 0.1) is 6.92 Å². The van der Waals surface area contributed by atoms with Crippen molar-refractivity contribution in [3.63, 3.8) is 0 Å². The van der Waals surface area contributed by atoms with Crippen LogP contribution in [0.3, 0.4) is 0 Å². The largest absolute Gasteiger partial charge is 0.497 e. The number of H-pyrrole nitrogens is 1. The van der Waals surface area contributed by atoms with Crippen molar-refractivity contribution in [2.45, 2.75) is 19.3 Å². The van der Waals surface area contributed by atoms with E-state index in [0.29, 0.717) is 22.6 Å².